The molecular weight excluding hydrogens is 254 g/mol. The summed E-state index contributed by atoms with van der Waals surface area (Å²) in [4.78, 5) is 14.8. The summed E-state index contributed by atoms with van der Waals surface area (Å²) in [7, 11) is 1.34. The number of nitrogens with zero attached hydrogens (tertiary/aromatic N) is 1. The van der Waals surface area contributed by atoms with Crippen molar-refractivity contribution in [3.05, 3.63) is 23.4 Å². The number of pyridine rings is 1. The highest BCUT2D eigenvalue weighted by Gasteiger charge is 2.42. The summed E-state index contributed by atoms with van der Waals surface area (Å²) in [5.74, 6) is -1.48. The summed E-state index contributed by atoms with van der Waals surface area (Å²) in [5.41, 5.74) is -1.80. The highest BCUT2D eigenvalue weighted by atomic mass is 16.5. The van der Waals surface area contributed by atoms with Gasteiger partial charge >= 0.3 is 5.97 Å². The van der Waals surface area contributed by atoms with Gasteiger partial charge in [0.25, 0.3) is 0 Å². The molecule has 0 saturated heterocycles. The summed E-state index contributed by atoms with van der Waals surface area (Å²) in [5, 5.41) is 38.4. The standard InChI is InChI=1S/C12H17NO6/c1-3-12(18,9(15)11(16)17)8-4-5-13-10(19-2)7(8)6-14/h4-5,9,14-15,18H,3,6H2,1-2H3,(H,16,17)/t9-,12+/m1/s1. The first-order chi connectivity index (χ1) is 8.92. The molecule has 19 heavy (non-hydrogen) atoms. The van der Waals surface area contributed by atoms with Crippen molar-refractivity contribution in [2.24, 2.45) is 0 Å². The Labute approximate surface area is 110 Å². The molecule has 0 amide bonds. The predicted molar refractivity (Wildman–Crippen MR) is 64.5 cm³/mol. The van der Waals surface area contributed by atoms with E-state index < -0.39 is 24.3 Å². The van der Waals surface area contributed by atoms with Gasteiger partial charge in [-0.15, -0.1) is 0 Å². The lowest BCUT2D eigenvalue weighted by atomic mass is 9.83. The van der Waals surface area contributed by atoms with Gasteiger partial charge < -0.3 is 25.2 Å². The number of aliphatic carboxylic acids is 1. The number of rotatable bonds is 6. The largest absolute Gasteiger partial charge is 0.481 e. The maximum Gasteiger partial charge on any atom is 0.335 e. The van der Waals surface area contributed by atoms with E-state index in [0.717, 1.165) is 0 Å². The van der Waals surface area contributed by atoms with Gasteiger partial charge in [-0.3, -0.25) is 0 Å². The van der Waals surface area contributed by atoms with E-state index in [1.165, 1.54) is 26.3 Å². The Balaban J connectivity index is 3.44. The number of hydrogen-bond donors (Lipinski definition) is 4. The monoisotopic (exact) mass is 271 g/mol. The molecule has 106 valence electrons. The molecule has 1 aromatic rings. The Hall–Kier alpha value is -1.70. The molecule has 0 spiro atoms. The highest BCUT2D eigenvalue weighted by Crippen LogP contribution is 2.34. The fourth-order valence-electron chi connectivity index (χ4n) is 1.94. The zero-order chi connectivity index (χ0) is 14.6. The minimum atomic E-state index is -2.03. The minimum Gasteiger partial charge on any atom is -0.481 e. The van der Waals surface area contributed by atoms with Crippen LogP contribution in [0.4, 0.5) is 0 Å². The number of ether oxygens (including phenoxy) is 1. The van der Waals surface area contributed by atoms with Gasteiger partial charge in [-0.2, -0.15) is 0 Å². The lowest BCUT2D eigenvalue weighted by Gasteiger charge is -2.31. The zero-order valence-corrected chi connectivity index (χ0v) is 10.7. The van der Waals surface area contributed by atoms with Crippen molar-refractivity contribution < 1.29 is 30.0 Å². The fourth-order valence-corrected chi connectivity index (χ4v) is 1.94. The number of hydrogen-bond acceptors (Lipinski definition) is 6. The van der Waals surface area contributed by atoms with Gasteiger partial charge in [0.15, 0.2) is 6.10 Å². The van der Waals surface area contributed by atoms with E-state index in [1.807, 2.05) is 0 Å². The van der Waals surface area contributed by atoms with Crippen molar-refractivity contribution in [2.45, 2.75) is 31.7 Å². The van der Waals surface area contributed by atoms with Crippen LogP contribution in [0.25, 0.3) is 0 Å². The van der Waals surface area contributed by atoms with Gasteiger partial charge in [-0.1, -0.05) is 6.92 Å². The molecule has 0 aliphatic carbocycles. The number of aliphatic hydroxyl groups excluding tert-OH is 2. The molecule has 7 nitrogen and oxygen atoms in total. The first-order valence-corrected chi connectivity index (χ1v) is 5.68. The van der Waals surface area contributed by atoms with E-state index in [9.17, 15) is 20.1 Å². The van der Waals surface area contributed by atoms with Crippen LogP contribution in [0.3, 0.4) is 0 Å². The van der Waals surface area contributed by atoms with Crippen LogP contribution in [-0.4, -0.2) is 44.6 Å². The fraction of sp³-hybridized carbons (Fsp3) is 0.500. The van der Waals surface area contributed by atoms with Crippen LogP contribution in [0.2, 0.25) is 0 Å². The van der Waals surface area contributed by atoms with E-state index in [1.54, 1.807) is 0 Å². The molecule has 0 fully saturated rings. The molecular formula is C12H17NO6. The maximum absolute atomic E-state index is 10.9. The van der Waals surface area contributed by atoms with Crippen molar-refractivity contribution in [3.63, 3.8) is 0 Å². The minimum absolute atomic E-state index is 0.0549. The number of aliphatic hydroxyl groups is 3. The molecule has 1 rings (SSSR count). The van der Waals surface area contributed by atoms with E-state index in [0.29, 0.717) is 0 Å². The first-order valence-electron chi connectivity index (χ1n) is 5.68. The van der Waals surface area contributed by atoms with Crippen LogP contribution in [0, 0.1) is 0 Å². The second-order valence-corrected chi connectivity index (χ2v) is 4.02. The Kier molecular flexibility index (Phi) is 4.82. The van der Waals surface area contributed by atoms with Crippen LogP contribution in [0.5, 0.6) is 5.88 Å². The predicted octanol–water partition coefficient (Wildman–Crippen LogP) is -0.374. The second kappa shape index (κ2) is 5.96. The lowest BCUT2D eigenvalue weighted by molar-refractivity contribution is -0.165. The molecule has 0 bridgehead atoms. The van der Waals surface area contributed by atoms with Crippen molar-refractivity contribution >= 4 is 5.97 Å². The van der Waals surface area contributed by atoms with Gasteiger partial charge in [0.2, 0.25) is 5.88 Å². The molecule has 0 saturated carbocycles. The number of carbonyl (C=O) groups is 1. The average Bonchev–Trinajstić information content (AvgIpc) is 2.44. The van der Waals surface area contributed by atoms with Gasteiger partial charge in [0, 0.05) is 11.8 Å². The number of methoxy groups -OCH3 is 1. The molecule has 1 heterocycles. The van der Waals surface area contributed by atoms with Crippen molar-refractivity contribution in [3.8, 4) is 5.88 Å². The van der Waals surface area contributed by atoms with Crippen LogP contribution in [0.1, 0.15) is 24.5 Å². The van der Waals surface area contributed by atoms with E-state index in [4.69, 9.17) is 9.84 Å². The highest BCUT2D eigenvalue weighted by molar-refractivity contribution is 5.74. The summed E-state index contributed by atoms with van der Waals surface area (Å²) in [6.07, 6.45) is -0.765. The smallest absolute Gasteiger partial charge is 0.335 e. The SMILES string of the molecule is CC[C@](O)(c1ccnc(OC)c1CO)[C@H](O)C(=O)O. The maximum atomic E-state index is 10.9. The molecule has 4 N–H and O–H groups in total. The lowest BCUT2D eigenvalue weighted by Crippen LogP contribution is -2.45. The Morgan fingerprint density at radius 2 is 2.21 bits per heavy atom. The normalized spacial score (nSPS) is 15.6. The van der Waals surface area contributed by atoms with Crippen LogP contribution < -0.4 is 4.74 Å². The molecule has 0 unspecified atom stereocenters. The molecule has 0 radical (unpaired) electrons. The van der Waals surface area contributed by atoms with E-state index >= 15 is 0 Å². The Morgan fingerprint density at radius 3 is 2.63 bits per heavy atom. The van der Waals surface area contributed by atoms with E-state index in [-0.39, 0.29) is 23.4 Å². The van der Waals surface area contributed by atoms with E-state index in [2.05, 4.69) is 4.98 Å². The summed E-state index contributed by atoms with van der Waals surface area (Å²) < 4.78 is 4.95. The zero-order valence-electron chi connectivity index (χ0n) is 10.7. The third-order valence-electron chi connectivity index (χ3n) is 3.06. The first kappa shape index (κ1) is 15.4. The van der Waals surface area contributed by atoms with Crippen molar-refractivity contribution in [2.75, 3.05) is 7.11 Å². The van der Waals surface area contributed by atoms with Gasteiger partial charge in [0.1, 0.15) is 5.60 Å². The van der Waals surface area contributed by atoms with Gasteiger partial charge in [0.05, 0.1) is 13.7 Å². The summed E-state index contributed by atoms with van der Waals surface area (Å²) in [6.45, 7) is 1.03. The molecule has 0 aliphatic heterocycles. The van der Waals surface area contributed by atoms with Crippen LogP contribution >= 0.6 is 0 Å². The molecule has 7 heteroatoms. The van der Waals surface area contributed by atoms with Crippen molar-refractivity contribution in [1.29, 1.82) is 0 Å². The van der Waals surface area contributed by atoms with Crippen LogP contribution in [0.15, 0.2) is 12.3 Å². The van der Waals surface area contributed by atoms with Gasteiger partial charge in [-0.25, -0.2) is 9.78 Å². The summed E-state index contributed by atoms with van der Waals surface area (Å²) >= 11 is 0. The average molecular weight is 271 g/mol. The van der Waals surface area contributed by atoms with Gasteiger partial charge in [-0.05, 0) is 18.1 Å². The topological polar surface area (TPSA) is 120 Å². The Bertz CT molecular complexity index is 464. The van der Waals surface area contributed by atoms with Crippen molar-refractivity contribution in [1.82, 2.24) is 4.98 Å². The molecule has 2 atom stereocenters. The quantitative estimate of drug-likeness (QED) is 0.557. The molecule has 0 aliphatic rings. The number of carboxylic acid groups (broad SMARTS) is 1. The molecule has 1 aromatic heterocycles. The number of carboxylic acids is 1. The Morgan fingerprint density at radius 1 is 1.58 bits per heavy atom. The van der Waals surface area contributed by atoms with Crippen LogP contribution in [-0.2, 0) is 17.0 Å². The second-order valence-electron chi connectivity index (χ2n) is 4.02. The third kappa shape index (κ3) is 2.67. The molecule has 0 aromatic carbocycles. The number of aromatic nitrogens is 1. The summed E-state index contributed by atoms with van der Waals surface area (Å²) in [6, 6.07) is 1.35. The third-order valence-corrected chi connectivity index (χ3v) is 3.06.